The Morgan fingerprint density at radius 1 is 1.00 bits per heavy atom. The highest BCUT2D eigenvalue weighted by atomic mass is 19.1. The minimum atomic E-state index is -0.686. The van der Waals surface area contributed by atoms with Crippen LogP contribution in [-0.4, -0.2) is 7.11 Å². The summed E-state index contributed by atoms with van der Waals surface area (Å²) in [4.78, 5) is 0. The van der Waals surface area contributed by atoms with Gasteiger partial charge in [0.15, 0.2) is 11.6 Å². The normalized spacial score (nSPS) is 10.3. The van der Waals surface area contributed by atoms with Crippen molar-refractivity contribution < 1.29 is 17.9 Å². The number of halogens is 3. The van der Waals surface area contributed by atoms with Crippen LogP contribution in [0, 0.1) is 17.5 Å². The zero-order valence-electron chi connectivity index (χ0n) is 10.2. The van der Waals surface area contributed by atoms with Crippen LogP contribution >= 0.6 is 0 Å². The van der Waals surface area contributed by atoms with E-state index in [1.165, 1.54) is 25.3 Å². The van der Waals surface area contributed by atoms with Gasteiger partial charge in [0.05, 0.1) is 12.8 Å². The number of rotatable bonds is 4. The Labute approximate surface area is 108 Å². The highest BCUT2D eigenvalue weighted by Gasteiger charge is 2.06. The van der Waals surface area contributed by atoms with E-state index in [0.29, 0.717) is 5.56 Å². The molecule has 0 aliphatic rings. The molecule has 19 heavy (non-hydrogen) atoms. The van der Waals surface area contributed by atoms with Crippen LogP contribution in [0.4, 0.5) is 18.9 Å². The molecule has 2 nitrogen and oxygen atoms in total. The van der Waals surface area contributed by atoms with Gasteiger partial charge >= 0.3 is 0 Å². The molecular formula is C14H12F3NO. The van der Waals surface area contributed by atoms with E-state index in [-0.39, 0.29) is 18.0 Å². The summed E-state index contributed by atoms with van der Waals surface area (Å²) in [6, 6.07) is 7.69. The molecule has 0 aliphatic heterocycles. The van der Waals surface area contributed by atoms with Crippen molar-refractivity contribution >= 4 is 5.69 Å². The Balaban J connectivity index is 2.08. The Morgan fingerprint density at radius 2 is 1.79 bits per heavy atom. The smallest absolute Gasteiger partial charge is 0.165 e. The molecule has 0 bridgehead atoms. The fourth-order valence-corrected chi connectivity index (χ4v) is 1.65. The van der Waals surface area contributed by atoms with Crippen LogP contribution in [0.3, 0.4) is 0 Å². The molecule has 0 spiro atoms. The van der Waals surface area contributed by atoms with Gasteiger partial charge < -0.3 is 10.1 Å². The minimum absolute atomic E-state index is 0.150. The molecule has 5 heteroatoms. The van der Waals surface area contributed by atoms with Crippen LogP contribution in [-0.2, 0) is 6.54 Å². The second-order valence-corrected chi connectivity index (χ2v) is 3.95. The van der Waals surface area contributed by atoms with Gasteiger partial charge in [-0.3, -0.25) is 0 Å². The molecule has 0 unspecified atom stereocenters. The van der Waals surface area contributed by atoms with Crippen molar-refractivity contribution in [1.82, 2.24) is 0 Å². The van der Waals surface area contributed by atoms with Crippen LogP contribution < -0.4 is 10.1 Å². The fraction of sp³-hybridized carbons (Fsp3) is 0.143. The number of anilines is 1. The van der Waals surface area contributed by atoms with E-state index < -0.39 is 17.5 Å². The lowest BCUT2D eigenvalue weighted by atomic mass is 10.2. The van der Waals surface area contributed by atoms with Crippen molar-refractivity contribution in [1.29, 1.82) is 0 Å². The Morgan fingerprint density at radius 3 is 2.42 bits per heavy atom. The Bertz CT molecular complexity index is 587. The van der Waals surface area contributed by atoms with Crippen molar-refractivity contribution in [3.8, 4) is 5.75 Å². The number of methoxy groups -OCH3 is 1. The van der Waals surface area contributed by atoms with Gasteiger partial charge in [0.25, 0.3) is 0 Å². The van der Waals surface area contributed by atoms with Crippen molar-refractivity contribution in [2.45, 2.75) is 6.54 Å². The third-order valence-electron chi connectivity index (χ3n) is 2.63. The molecule has 0 atom stereocenters. The molecule has 0 saturated heterocycles. The largest absolute Gasteiger partial charge is 0.494 e. The van der Waals surface area contributed by atoms with Gasteiger partial charge in [-0.1, -0.05) is 6.07 Å². The van der Waals surface area contributed by atoms with E-state index >= 15 is 0 Å². The van der Waals surface area contributed by atoms with Gasteiger partial charge in [-0.05, 0) is 29.8 Å². The number of ether oxygens (including phenoxy) is 1. The number of nitrogens with one attached hydrogen (secondary N) is 1. The first-order chi connectivity index (χ1) is 9.10. The van der Waals surface area contributed by atoms with Crippen LogP contribution in [0.25, 0.3) is 0 Å². The van der Waals surface area contributed by atoms with Crippen molar-refractivity contribution in [2.75, 3.05) is 12.4 Å². The number of benzene rings is 2. The SMILES string of the molecule is COc1ccc(CNc2ccc(F)cc2F)cc1F. The van der Waals surface area contributed by atoms with Gasteiger partial charge in [0, 0.05) is 12.6 Å². The predicted molar refractivity (Wildman–Crippen MR) is 66.6 cm³/mol. The highest BCUT2D eigenvalue weighted by Crippen LogP contribution is 2.20. The zero-order valence-corrected chi connectivity index (χ0v) is 10.2. The molecule has 0 aliphatic carbocycles. The van der Waals surface area contributed by atoms with Gasteiger partial charge in [-0.15, -0.1) is 0 Å². The topological polar surface area (TPSA) is 21.3 Å². The summed E-state index contributed by atoms with van der Waals surface area (Å²) in [5.41, 5.74) is 0.791. The first kappa shape index (κ1) is 13.3. The number of hydrogen-bond acceptors (Lipinski definition) is 2. The summed E-state index contributed by atoms with van der Waals surface area (Å²) >= 11 is 0. The molecule has 0 aromatic heterocycles. The fourth-order valence-electron chi connectivity index (χ4n) is 1.65. The summed E-state index contributed by atoms with van der Waals surface area (Å²) in [5, 5.41) is 2.77. The lowest BCUT2D eigenvalue weighted by Gasteiger charge is -2.09. The molecule has 0 heterocycles. The van der Waals surface area contributed by atoms with Crippen LogP contribution in [0.2, 0.25) is 0 Å². The monoisotopic (exact) mass is 267 g/mol. The summed E-state index contributed by atoms with van der Waals surface area (Å²) < 4.78 is 44.3. The average Bonchev–Trinajstić information content (AvgIpc) is 2.38. The van der Waals surface area contributed by atoms with Crippen LogP contribution in [0.5, 0.6) is 5.75 Å². The molecule has 0 saturated carbocycles. The van der Waals surface area contributed by atoms with Gasteiger partial charge in [-0.2, -0.15) is 0 Å². The second kappa shape index (κ2) is 5.65. The summed E-state index contributed by atoms with van der Waals surface area (Å²) in [6.45, 7) is 0.226. The third kappa shape index (κ3) is 3.19. The minimum Gasteiger partial charge on any atom is -0.494 e. The second-order valence-electron chi connectivity index (χ2n) is 3.95. The van der Waals surface area contributed by atoms with Gasteiger partial charge in [0.2, 0.25) is 0 Å². The van der Waals surface area contributed by atoms with Gasteiger partial charge in [0.1, 0.15) is 11.6 Å². The first-order valence-electron chi connectivity index (χ1n) is 5.61. The maximum atomic E-state index is 13.4. The van der Waals surface area contributed by atoms with E-state index in [1.54, 1.807) is 6.07 Å². The standard InChI is InChI=1S/C14H12F3NO/c1-19-14-5-2-9(6-12(14)17)8-18-13-4-3-10(15)7-11(13)16/h2-7,18H,8H2,1H3. The predicted octanol–water partition coefficient (Wildman–Crippen LogP) is 3.72. The van der Waals surface area contributed by atoms with Gasteiger partial charge in [-0.25, -0.2) is 13.2 Å². The van der Waals surface area contributed by atoms with Crippen molar-refractivity contribution in [2.24, 2.45) is 0 Å². The number of hydrogen-bond donors (Lipinski definition) is 1. The summed E-state index contributed by atoms with van der Waals surface area (Å²) in [6.07, 6.45) is 0. The molecule has 2 rings (SSSR count). The molecule has 2 aromatic rings. The average molecular weight is 267 g/mol. The Hall–Kier alpha value is -2.17. The van der Waals surface area contributed by atoms with E-state index in [9.17, 15) is 13.2 Å². The van der Waals surface area contributed by atoms with E-state index in [1.807, 2.05) is 0 Å². The highest BCUT2D eigenvalue weighted by molar-refractivity contribution is 5.45. The molecule has 0 radical (unpaired) electrons. The maximum Gasteiger partial charge on any atom is 0.165 e. The van der Waals surface area contributed by atoms with Crippen molar-refractivity contribution in [3.05, 3.63) is 59.4 Å². The molecular weight excluding hydrogens is 255 g/mol. The molecule has 0 amide bonds. The Kier molecular flexibility index (Phi) is 3.94. The quantitative estimate of drug-likeness (QED) is 0.911. The maximum absolute atomic E-state index is 13.4. The molecule has 0 fully saturated rings. The zero-order chi connectivity index (χ0) is 13.8. The molecule has 100 valence electrons. The molecule has 1 N–H and O–H groups in total. The van der Waals surface area contributed by atoms with E-state index in [0.717, 1.165) is 12.1 Å². The lowest BCUT2D eigenvalue weighted by Crippen LogP contribution is -2.02. The van der Waals surface area contributed by atoms with Crippen LogP contribution in [0.15, 0.2) is 36.4 Å². The first-order valence-corrected chi connectivity index (χ1v) is 5.61. The molecule has 2 aromatic carbocycles. The third-order valence-corrected chi connectivity index (χ3v) is 2.63. The van der Waals surface area contributed by atoms with Crippen LogP contribution in [0.1, 0.15) is 5.56 Å². The van der Waals surface area contributed by atoms with E-state index in [2.05, 4.69) is 5.32 Å². The van der Waals surface area contributed by atoms with E-state index in [4.69, 9.17) is 4.74 Å². The summed E-state index contributed by atoms with van der Waals surface area (Å²) in [5.74, 6) is -1.66. The van der Waals surface area contributed by atoms with Crippen molar-refractivity contribution in [3.63, 3.8) is 0 Å². The lowest BCUT2D eigenvalue weighted by molar-refractivity contribution is 0.386. The summed E-state index contributed by atoms with van der Waals surface area (Å²) in [7, 11) is 1.38.